The normalized spacial score (nSPS) is 10.3. The second-order valence-corrected chi connectivity index (χ2v) is 5.01. The van der Waals surface area contributed by atoms with Crippen molar-refractivity contribution < 1.29 is 4.79 Å². The van der Waals surface area contributed by atoms with Gasteiger partial charge in [0.05, 0.1) is 11.2 Å². The van der Waals surface area contributed by atoms with E-state index in [1.54, 1.807) is 17.5 Å². The Morgan fingerprint density at radius 2 is 2.32 bits per heavy atom. The van der Waals surface area contributed by atoms with Gasteiger partial charge in [0, 0.05) is 37.2 Å². The number of aryl methyl sites for hydroxylation is 1. The van der Waals surface area contributed by atoms with Crippen molar-refractivity contribution in [1.29, 1.82) is 0 Å². The molecule has 2 aromatic heterocycles. The Morgan fingerprint density at radius 3 is 3.05 bits per heavy atom. The number of nitrogens with zero attached hydrogens (tertiary/aromatic N) is 2. The van der Waals surface area contributed by atoms with E-state index in [0.29, 0.717) is 13.0 Å². The van der Waals surface area contributed by atoms with Gasteiger partial charge in [-0.15, -0.1) is 11.3 Å². The molecule has 0 aromatic carbocycles. The number of rotatable bonds is 7. The van der Waals surface area contributed by atoms with Crippen LogP contribution in [-0.2, 0) is 17.6 Å². The highest BCUT2D eigenvalue weighted by Gasteiger charge is 2.02. The molecule has 0 atom stereocenters. The molecule has 0 saturated carbocycles. The van der Waals surface area contributed by atoms with Gasteiger partial charge in [0.25, 0.3) is 0 Å². The third kappa shape index (κ3) is 5.18. The van der Waals surface area contributed by atoms with Crippen LogP contribution in [-0.4, -0.2) is 22.4 Å². The van der Waals surface area contributed by atoms with Crippen LogP contribution in [0.15, 0.2) is 35.4 Å². The number of pyridine rings is 1. The number of carbonyl (C=O) groups is 1. The van der Waals surface area contributed by atoms with Crippen molar-refractivity contribution in [3.8, 4) is 0 Å². The molecule has 2 aromatic rings. The molecular formula is C14H17N3OS. The van der Waals surface area contributed by atoms with Crippen molar-refractivity contribution in [2.24, 2.45) is 0 Å². The molecular weight excluding hydrogens is 258 g/mol. The summed E-state index contributed by atoms with van der Waals surface area (Å²) in [7, 11) is 0. The molecule has 0 fully saturated rings. The fraction of sp³-hybridized carbons (Fsp3) is 0.357. The van der Waals surface area contributed by atoms with E-state index in [9.17, 15) is 4.79 Å². The lowest BCUT2D eigenvalue weighted by Gasteiger charge is -2.04. The van der Waals surface area contributed by atoms with Gasteiger partial charge in [-0.2, -0.15) is 0 Å². The maximum Gasteiger partial charge on any atom is 0.220 e. The molecule has 100 valence electrons. The van der Waals surface area contributed by atoms with E-state index in [1.807, 2.05) is 29.2 Å². The zero-order chi connectivity index (χ0) is 13.3. The van der Waals surface area contributed by atoms with E-state index in [2.05, 4.69) is 15.3 Å². The lowest BCUT2D eigenvalue weighted by molar-refractivity contribution is -0.121. The predicted molar refractivity (Wildman–Crippen MR) is 76.0 cm³/mol. The summed E-state index contributed by atoms with van der Waals surface area (Å²) in [6, 6.07) is 3.95. The maximum atomic E-state index is 11.6. The van der Waals surface area contributed by atoms with E-state index in [0.717, 1.165) is 25.0 Å². The number of amides is 1. The lowest BCUT2D eigenvalue weighted by atomic mass is 10.1. The fourth-order valence-electron chi connectivity index (χ4n) is 1.78. The largest absolute Gasteiger partial charge is 0.356 e. The SMILES string of the molecule is O=C(CCCc1cccnc1)NCCc1cscn1. The summed E-state index contributed by atoms with van der Waals surface area (Å²) in [6.07, 6.45) is 6.72. The molecule has 0 aliphatic rings. The van der Waals surface area contributed by atoms with Crippen LogP contribution in [0.2, 0.25) is 0 Å². The summed E-state index contributed by atoms with van der Waals surface area (Å²) in [5.41, 5.74) is 4.03. The topological polar surface area (TPSA) is 54.9 Å². The van der Waals surface area contributed by atoms with Gasteiger partial charge in [-0.3, -0.25) is 9.78 Å². The fourth-order valence-corrected chi connectivity index (χ4v) is 2.37. The third-order valence-electron chi connectivity index (χ3n) is 2.78. The van der Waals surface area contributed by atoms with Crippen LogP contribution in [0.3, 0.4) is 0 Å². The van der Waals surface area contributed by atoms with E-state index in [1.165, 1.54) is 5.56 Å². The monoisotopic (exact) mass is 275 g/mol. The summed E-state index contributed by atoms with van der Waals surface area (Å²) in [5, 5.41) is 4.93. The predicted octanol–water partition coefficient (Wildman–Crippen LogP) is 2.22. The van der Waals surface area contributed by atoms with Gasteiger partial charge >= 0.3 is 0 Å². The molecule has 4 nitrogen and oxygen atoms in total. The molecule has 0 spiro atoms. The Morgan fingerprint density at radius 1 is 1.37 bits per heavy atom. The molecule has 0 saturated heterocycles. The molecule has 0 radical (unpaired) electrons. The summed E-state index contributed by atoms with van der Waals surface area (Å²) in [6.45, 7) is 0.662. The smallest absolute Gasteiger partial charge is 0.220 e. The number of aromatic nitrogens is 2. The quantitative estimate of drug-likeness (QED) is 0.843. The number of hydrogen-bond acceptors (Lipinski definition) is 4. The van der Waals surface area contributed by atoms with E-state index in [4.69, 9.17) is 0 Å². The highest BCUT2D eigenvalue weighted by molar-refractivity contribution is 7.07. The molecule has 1 N–H and O–H groups in total. The van der Waals surface area contributed by atoms with Crippen LogP contribution in [0, 0.1) is 0 Å². The minimum Gasteiger partial charge on any atom is -0.356 e. The number of carbonyl (C=O) groups excluding carboxylic acids is 1. The number of nitrogens with one attached hydrogen (secondary N) is 1. The molecule has 0 aliphatic carbocycles. The molecule has 19 heavy (non-hydrogen) atoms. The van der Waals surface area contributed by atoms with Crippen LogP contribution in [0.1, 0.15) is 24.1 Å². The summed E-state index contributed by atoms with van der Waals surface area (Å²) in [4.78, 5) is 19.8. The Labute approximate surface area is 116 Å². The van der Waals surface area contributed by atoms with Gasteiger partial charge in [-0.25, -0.2) is 4.98 Å². The van der Waals surface area contributed by atoms with E-state index in [-0.39, 0.29) is 5.91 Å². The van der Waals surface area contributed by atoms with Gasteiger partial charge in [0.2, 0.25) is 5.91 Å². The van der Waals surface area contributed by atoms with Gasteiger partial charge in [-0.05, 0) is 24.5 Å². The summed E-state index contributed by atoms with van der Waals surface area (Å²) >= 11 is 1.58. The molecule has 2 heterocycles. The van der Waals surface area contributed by atoms with Crippen LogP contribution in [0.25, 0.3) is 0 Å². The zero-order valence-electron chi connectivity index (χ0n) is 10.7. The standard InChI is InChI=1S/C14H17N3OS/c18-14(16-8-6-13-10-19-11-17-13)5-1-3-12-4-2-7-15-9-12/h2,4,7,9-11H,1,3,5-6,8H2,(H,16,18). The lowest BCUT2D eigenvalue weighted by Crippen LogP contribution is -2.25. The third-order valence-corrected chi connectivity index (χ3v) is 3.41. The Hall–Kier alpha value is -1.75. The number of thiazole rings is 1. The molecule has 0 aliphatic heterocycles. The highest BCUT2D eigenvalue weighted by atomic mass is 32.1. The molecule has 1 amide bonds. The first-order valence-corrected chi connectivity index (χ1v) is 7.31. The maximum absolute atomic E-state index is 11.6. The first kappa shape index (κ1) is 13.7. The van der Waals surface area contributed by atoms with Crippen molar-refractivity contribution >= 4 is 17.2 Å². The molecule has 5 heteroatoms. The van der Waals surface area contributed by atoms with E-state index < -0.39 is 0 Å². The van der Waals surface area contributed by atoms with Crippen LogP contribution in [0.4, 0.5) is 0 Å². The first-order valence-electron chi connectivity index (χ1n) is 6.37. The number of hydrogen-bond donors (Lipinski definition) is 1. The Kier molecular flexibility index (Phi) is 5.49. The van der Waals surface area contributed by atoms with Crippen molar-refractivity contribution in [3.05, 3.63) is 46.7 Å². The van der Waals surface area contributed by atoms with Gasteiger partial charge in [0.1, 0.15) is 0 Å². The van der Waals surface area contributed by atoms with Crippen molar-refractivity contribution in [3.63, 3.8) is 0 Å². The minimum atomic E-state index is 0.110. The van der Waals surface area contributed by atoms with Crippen molar-refractivity contribution in [2.75, 3.05) is 6.54 Å². The van der Waals surface area contributed by atoms with Gasteiger partial charge in [-0.1, -0.05) is 6.07 Å². The molecule has 0 bridgehead atoms. The van der Waals surface area contributed by atoms with Crippen LogP contribution < -0.4 is 5.32 Å². The van der Waals surface area contributed by atoms with Crippen molar-refractivity contribution in [1.82, 2.24) is 15.3 Å². The first-order chi connectivity index (χ1) is 9.34. The molecule has 2 rings (SSSR count). The Bertz CT molecular complexity index is 485. The average molecular weight is 275 g/mol. The summed E-state index contributed by atoms with van der Waals surface area (Å²) in [5.74, 6) is 0.110. The second kappa shape index (κ2) is 7.63. The average Bonchev–Trinajstić information content (AvgIpc) is 2.93. The highest BCUT2D eigenvalue weighted by Crippen LogP contribution is 2.03. The second-order valence-electron chi connectivity index (χ2n) is 4.29. The van der Waals surface area contributed by atoms with Crippen LogP contribution in [0.5, 0.6) is 0 Å². The zero-order valence-corrected chi connectivity index (χ0v) is 11.5. The summed E-state index contributed by atoms with van der Waals surface area (Å²) < 4.78 is 0. The Balaban J connectivity index is 1.57. The van der Waals surface area contributed by atoms with E-state index >= 15 is 0 Å². The minimum absolute atomic E-state index is 0.110. The van der Waals surface area contributed by atoms with Gasteiger partial charge in [0.15, 0.2) is 0 Å². The van der Waals surface area contributed by atoms with Gasteiger partial charge < -0.3 is 5.32 Å². The van der Waals surface area contributed by atoms with Crippen LogP contribution >= 0.6 is 11.3 Å². The van der Waals surface area contributed by atoms with Crippen molar-refractivity contribution in [2.45, 2.75) is 25.7 Å². The molecule has 0 unspecified atom stereocenters.